The first-order valence-corrected chi connectivity index (χ1v) is 24.8. The smallest absolute Gasteiger partial charge is 0.250 e. The molecule has 2 aliphatic rings. The number of benzene rings is 2. The predicted octanol–water partition coefficient (Wildman–Crippen LogP) is 10.6. The van der Waals surface area contributed by atoms with Gasteiger partial charge in [0.05, 0.1) is 0 Å². The average molecular weight is 607 g/mol. The standard InChI is InChI=1S/C35H54O3Si3/c1-34(2,3)40(10,11)37-27-16-14-26(15-17-27)33-31-23-25(20-21-39(7,8)9)22-29(31)30-24-28(18-19-32(30)36-33)38-41(12,13)35(4,5)6/h14-19,24-25,29,31,33H,22-23H2,1-13H3/t25?,29-,31-,33-/m0/s1. The maximum Gasteiger partial charge on any atom is 0.250 e. The van der Waals surface area contributed by atoms with Gasteiger partial charge in [-0.1, -0.05) is 73.3 Å². The first kappa shape index (κ1) is 32.0. The molecule has 0 radical (unpaired) electrons. The summed E-state index contributed by atoms with van der Waals surface area (Å²) >= 11 is 0. The third-order valence-corrected chi connectivity index (χ3v) is 19.5. The monoisotopic (exact) mass is 606 g/mol. The molecule has 4 rings (SSSR count). The van der Waals surface area contributed by atoms with E-state index in [-0.39, 0.29) is 16.2 Å². The Morgan fingerprint density at radius 3 is 1.80 bits per heavy atom. The SMILES string of the molecule is CC(C)(C)[Si](C)(C)Oc1ccc([C@@H]2Oc3ccc(O[Si](C)(C)C(C)(C)C)cc3[C@@H]3CC(C#C[Si](C)(C)C)C[C@@H]32)cc1. The summed E-state index contributed by atoms with van der Waals surface area (Å²) in [5, 5.41) is 0.316. The summed E-state index contributed by atoms with van der Waals surface area (Å²) in [6.07, 6.45) is 2.17. The van der Waals surface area contributed by atoms with E-state index in [0.717, 1.165) is 30.1 Å². The summed E-state index contributed by atoms with van der Waals surface area (Å²) in [5.41, 5.74) is 6.20. The molecular formula is C35H54O3Si3. The largest absolute Gasteiger partial charge is 0.544 e. The molecule has 0 saturated heterocycles. The van der Waals surface area contributed by atoms with Gasteiger partial charge in [0.25, 0.3) is 0 Å². The van der Waals surface area contributed by atoms with Gasteiger partial charge in [-0.05, 0) is 90.9 Å². The van der Waals surface area contributed by atoms with Crippen LogP contribution >= 0.6 is 0 Å². The zero-order chi connectivity index (χ0) is 30.6. The van der Waals surface area contributed by atoms with Crippen LogP contribution in [0.2, 0.25) is 55.9 Å². The van der Waals surface area contributed by atoms with Crippen molar-refractivity contribution in [1.82, 2.24) is 0 Å². The van der Waals surface area contributed by atoms with Crippen LogP contribution in [-0.4, -0.2) is 24.7 Å². The van der Waals surface area contributed by atoms with Crippen molar-refractivity contribution < 1.29 is 13.6 Å². The lowest BCUT2D eigenvalue weighted by molar-refractivity contribution is 0.103. The van der Waals surface area contributed by atoms with Crippen LogP contribution in [0.25, 0.3) is 0 Å². The minimum atomic E-state index is -1.94. The highest BCUT2D eigenvalue weighted by Gasteiger charge is 2.46. The van der Waals surface area contributed by atoms with Gasteiger partial charge >= 0.3 is 0 Å². The topological polar surface area (TPSA) is 27.7 Å². The van der Waals surface area contributed by atoms with E-state index < -0.39 is 24.7 Å². The number of hydrogen-bond acceptors (Lipinski definition) is 3. The summed E-state index contributed by atoms with van der Waals surface area (Å²) in [6, 6.07) is 15.3. The van der Waals surface area contributed by atoms with Gasteiger partial charge in [-0.15, -0.1) is 11.5 Å². The molecule has 41 heavy (non-hydrogen) atoms. The summed E-state index contributed by atoms with van der Waals surface area (Å²) < 4.78 is 20.2. The molecule has 1 fully saturated rings. The van der Waals surface area contributed by atoms with E-state index in [1.807, 2.05) is 0 Å². The van der Waals surface area contributed by atoms with Gasteiger partial charge in [-0.2, -0.15) is 0 Å². The van der Waals surface area contributed by atoms with Crippen molar-refractivity contribution in [3.63, 3.8) is 0 Å². The van der Waals surface area contributed by atoms with Crippen LogP contribution in [-0.2, 0) is 0 Å². The van der Waals surface area contributed by atoms with Gasteiger partial charge < -0.3 is 13.6 Å². The van der Waals surface area contributed by atoms with Crippen LogP contribution in [0, 0.1) is 23.3 Å². The van der Waals surface area contributed by atoms with Crippen molar-refractivity contribution >= 4 is 24.7 Å². The fourth-order valence-corrected chi connectivity index (χ4v) is 8.04. The molecule has 3 nitrogen and oxygen atoms in total. The van der Waals surface area contributed by atoms with Crippen molar-refractivity contribution in [2.75, 3.05) is 0 Å². The molecule has 0 aromatic heterocycles. The molecule has 6 heteroatoms. The van der Waals surface area contributed by atoms with Crippen LogP contribution < -0.4 is 13.6 Å². The normalized spacial score (nSPS) is 23.0. The van der Waals surface area contributed by atoms with Crippen LogP contribution in [0.4, 0.5) is 0 Å². The van der Waals surface area contributed by atoms with Gasteiger partial charge in [0.2, 0.25) is 16.6 Å². The molecular weight excluding hydrogens is 553 g/mol. The number of fused-ring (bicyclic) bond motifs is 3. The van der Waals surface area contributed by atoms with Crippen molar-refractivity contribution in [3.05, 3.63) is 53.6 Å². The first-order valence-electron chi connectivity index (χ1n) is 15.5. The molecule has 224 valence electrons. The Hall–Kier alpha value is -1.95. The highest BCUT2D eigenvalue weighted by atomic mass is 28.4. The molecule has 2 aromatic rings. The third kappa shape index (κ3) is 7.17. The van der Waals surface area contributed by atoms with Gasteiger partial charge in [0.15, 0.2) is 0 Å². The highest BCUT2D eigenvalue weighted by Crippen LogP contribution is 2.56. The van der Waals surface area contributed by atoms with Crippen molar-refractivity contribution in [1.29, 1.82) is 0 Å². The zero-order valence-electron chi connectivity index (χ0n) is 28.0. The lowest BCUT2D eigenvalue weighted by Gasteiger charge is -2.39. The summed E-state index contributed by atoms with van der Waals surface area (Å²) in [5.74, 6) is 7.87. The van der Waals surface area contributed by atoms with Gasteiger partial charge in [-0.25, -0.2) is 0 Å². The minimum Gasteiger partial charge on any atom is -0.544 e. The van der Waals surface area contributed by atoms with E-state index in [0.29, 0.717) is 17.8 Å². The van der Waals surface area contributed by atoms with Crippen LogP contribution in [0.1, 0.15) is 77.5 Å². The molecule has 1 heterocycles. The van der Waals surface area contributed by atoms with E-state index in [1.54, 1.807) is 0 Å². The van der Waals surface area contributed by atoms with Crippen LogP contribution in [0.15, 0.2) is 42.5 Å². The van der Waals surface area contributed by atoms with Gasteiger partial charge in [-0.3, -0.25) is 0 Å². The van der Waals surface area contributed by atoms with E-state index in [9.17, 15) is 0 Å². The maximum absolute atomic E-state index is 6.86. The quantitative estimate of drug-likeness (QED) is 0.250. The second-order valence-electron chi connectivity index (χ2n) is 16.5. The molecule has 2 aromatic carbocycles. The van der Waals surface area contributed by atoms with E-state index in [4.69, 9.17) is 13.6 Å². The van der Waals surface area contributed by atoms with E-state index >= 15 is 0 Å². The van der Waals surface area contributed by atoms with Crippen molar-refractivity contribution in [2.24, 2.45) is 11.8 Å². The Kier molecular flexibility index (Phi) is 8.54. The fraction of sp³-hybridized carbons (Fsp3) is 0.600. The van der Waals surface area contributed by atoms with Crippen molar-refractivity contribution in [3.8, 4) is 28.7 Å². The fourth-order valence-electron chi connectivity index (χ4n) is 5.35. The van der Waals surface area contributed by atoms with E-state index in [2.05, 4.69) is 141 Å². The Bertz CT molecular complexity index is 1300. The summed E-state index contributed by atoms with van der Waals surface area (Å²) in [7, 11) is -5.27. The molecule has 0 N–H and O–H groups in total. The molecule has 1 aliphatic heterocycles. The zero-order valence-corrected chi connectivity index (χ0v) is 31.0. The Balaban J connectivity index is 1.67. The second-order valence-corrected chi connectivity index (χ2v) is 30.7. The number of hydrogen-bond donors (Lipinski definition) is 0. The number of ether oxygens (including phenoxy) is 1. The molecule has 4 atom stereocenters. The minimum absolute atomic E-state index is 0.0141. The molecule has 0 spiro atoms. The molecule has 0 amide bonds. The molecule has 0 bridgehead atoms. The predicted molar refractivity (Wildman–Crippen MR) is 182 cm³/mol. The maximum atomic E-state index is 6.86. The molecule has 1 aliphatic carbocycles. The average Bonchev–Trinajstić information content (AvgIpc) is 3.25. The second kappa shape index (κ2) is 11.0. The highest BCUT2D eigenvalue weighted by molar-refractivity contribution is 6.83. The Morgan fingerprint density at radius 2 is 1.27 bits per heavy atom. The lowest BCUT2D eigenvalue weighted by Crippen LogP contribution is -2.43. The molecule has 1 saturated carbocycles. The lowest BCUT2D eigenvalue weighted by atomic mass is 9.80. The summed E-state index contributed by atoms with van der Waals surface area (Å²) in [4.78, 5) is 0. The Morgan fingerprint density at radius 1 is 0.732 bits per heavy atom. The van der Waals surface area contributed by atoms with Gasteiger partial charge in [0, 0.05) is 17.4 Å². The third-order valence-electron chi connectivity index (χ3n) is 9.85. The van der Waals surface area contributed by atoms with Crippen LogP contribution in [0.5, 0.6) is 17.2 Å². The van der Waals surface area contributed by atoms with E-state index in [1.165, 1.54) is 11.1 Å². The Labute approximate surface area is 254 Å². The van der Waals surface area contributed by atoms with Gasteiger partial charge in [0.1, 0.15) is 31.4 Å². The number of rotatable bonds is 5. The van der Waals surface area contributed by atoms with Crippen LogP contribution in [0.3, 0.4) is 0 Å². The molecule has 1 unspecified atom stereocenters. The first-order chi connectivity index (χ1) is 18.7. The van der Waals surface area contributed by atoms with Crippen molar-refractivity contribution in [2.45, 2.75) is 122 Å². The summed E-state index contributed by atoms with van der Waals surface area (Å²) in [6.45, 7) is 30.0.